The van der Waals surface area contributed by atoms with Gasteiger partial charge in [0.05, 0.1) is 35.7 Å². The second-order valence-electron chi connectivity index (χ2n) is 27.3. The first-order valence-corrected chi connectivity index (χ1v) is 32.0. The van der Waals surface area contributed by atoms with Crippen LogP contribution in [0.1, 0.15) is 185 Å². The average Bonchev–Trinajstić information content (AvgIpc) is 1.13. The Balaban J connectivity index is 0.931. The summed E-state index contributed by atoms with van der Waals surface area (Å²) >= 11 is 0. The number of ether oxygens (including phenoxy) is 2. The maximum absolute atomic E-state index is 16.0. The van der Waals surface area contributed by atoms with Crippen LogP contribution in [-0.4, -0.2) is 90.5 Å². The van der Waals surface area contributed by atoms with Crippen molar-refractivity contribution in [2.24, 2.45) is 35.3 Å². The molecular weight excluding hydrogens is 1090 g/mol. The normalized spacial score (nSPS) is 34.0. The summed E-state index contributed by atoms with van der Waals surface area (Å²) in [6.07, 6.45) is 16.2. The largest absolute Gasteiger partial charge is 0.508 e. The van der Waals surface area contributed by atoms with Crippen molar-refractivity contribution >= 4 is 16.9 Å². The van der Waals surface area contributed by atoms with E-state index in [1.807, 2.05) is 25.1 Å². The van der Waals surface area contributed by atoms with Crippen LogP contribution in [0, 0.1) is 29.6 Å². The second kappa shape index (κ2) is 21.7. The van der Waals surface area contributed by atoms with Gasteiger partial charge in [-0.2, -0.15) is 0 Å². The van der Waals surface area contributed by atoms with Gasteiger partial charge in [-0.3, -0.25) is 10.1 Å². The van der Waals surface area contributed by atoms with E-state index in [0.29, 0.717) is 81.3 Å². The van der Waals surface area contributed by atoms with Crippen LogP contribution >= 0.6 is 0 Å². The Morgan fingerprint density at radius 3 is 2.53 bits per heavy atom. The summed E-state index contributed by atoms with van der Waals surface area (Å²) in [6.45, 7) is 5.90. The number of carbonyl (C=O) groups excluding carboxylic acids is 1. The SMILES string of the molecule is C/C=C(\C(=O)O[C@@H]1Cc2c3c(c4oc(CO)cc(=O)c4c2O)[C@H]2C4=CCNC(N)=C4[C@@H](CCc4ccc(O)cc4[C@H]2CO)[C@H]2CCC4=CC(NCC)NC=C4C[C@@H]2[C@]1(C)O3)[C@@]1(O)C[C@@H]2C[C@H]1C[C@H]1C[C@H](CC3(O)CCCCC3)[C@@H](O)c3cccc2c31. The molecule has 16 nitrogen and oxygen atoms in total. The number of esters is 1. The highest BCUT2D eigenvalue weighted by atomic mass is 16.6. The third-order valence-corrected chi connectivity index (χ3v) is 22.9. The third kappa shape index (κ3) is 9.11. The zero-order chi connectivity index (χ0) is 59.7. The summed E-state index contributed by atoms with van der Waals surface area (Å²) in [7, 11) is 0. The molecule has 3 aromatic carbocycles. The van der Waals surface area contributed by atoms with Crippen LogP contribution in [0.2, 0.25) is 0 Å². The summed E-state index contributed by atoms with van der Waals surface area (Å²) < 4.78 is 21.7. The molecule has 1 unspecified atom stereocenters. The lowest BCUT2D eigenvalue weighted by molar-refractivity contribution is -0.171. The number of aryl methyl sites for hydroxylation is 1. The van der Waals surface area contributed by atoms with Crippen molar-refractivity contribution < 1.29 is 54.4 Å². The molecule has 456 valence electrons. The lowest BCUT2D eigenvalue weighted by Gasteiger charge is -2.52. The van der Waals surface area contributed by atoms with E-state index in [4.69, 9.17) is 19.6 Å². The van der Waals surface area contributed by atoms with Crippen molar-refractivity contribution in [1.29, 1.82) is 0 Å². The molecule has 6 bridgehead atoms. The van der Waals surface area contributed by atoms with Gasteiger partial charge in [0.2, 0.25) is 0 Å². The highest BCUT2D eigenvalue weighted by molar-refractivity contribution is 5.93. The molecule has 3 saturated carbocycles. The summed E-state index contributed by atoms with van der Waals surface area (Å²) in [5, 5.41) is 95.0. The van der Waals surface area contributed by atoms with E-state index >= 15 is 4.79 Å². The molecule has 3 fully saturated rings. The number of aromatic hydroxyl groups is 2. The van der Waals surface area contributed by atoms with Gasteiger partial charge >= 0.3 is 5.97 Å². The predicted octanol–water partition coefficient (Wildman–Crippen LogP) is 8.70. The van der Waals surface area contributed by atoms with Gasteiger partial charge in [-0.15, -0.1) is 0 Å². The van der Waals surface area contributed by atoms with Crippen LogP contribution < -0.4 is 31.8 Å². The molecule has 14 atom stereocenters. The van der Waals surface area contributed by atoms with E-state index in [9.17, 15) is 40.5 Å². The summed E-state index contributed by atoms with van der Waals surface area (Å²) in [4.78, 5) is 30.7. The number of nitrogens with one attached hydrogen (secondary N) is 3. The number of allylic oxidation sites excluding steroid dienone is 5. The van der Waals surface area contributed by atoms with Crippen LogP contribution in [0.5, 0.6) is 17.2 Å². The fourth-order valence-corrected chi connectivity index (χ4v) is 19.0. The van der Waals surface area contributed by atoms with E-state index in [2.05, 4.69) is 47.3 Å². The topological polar surface area (TPSA) is 269 Å². The van der Waals surface area contributed by atoms with Gasteiger partial charge in [0.25, 0.3) is 0 Å². The number of carbonyl (C=O) groups is 1. The van der Waals surface area contributed by atoms with Crippen LogP contribution in [-0.2, 0) is 29.0 Å². The van der Waals surface area contributed by atoms with Crippen molar-refractivity contribution in [2.75, 3.05) is 19.7 Å². The van der Waals surface area contributed by atoms with Crippen molar-refractivity contribution in [1.82, 2.24) is 16.0 Å². The summed E-state index contributed by atoms with van der Waals surface area (Å²) in [5.74, 6) is -3.74. The smallest absolute Gasteiger partial charge is 0.337 e. The maximum atomic E-state index is 16.0. The van der Waals surface area contributed by atoms with E-state index in [1.165, 1.54) is 5.57 Å². The minimum absolute atomic E-state index is 0.0146. The number of aliphatic hydroxyl groups is 5. The van der Waals surface area contributed by atoms with E-state index in [-0.39, 0.29) is 93.9 Å². The molecule has 14 rings (SSSR count). The summed E-state index contributed by atoms with van der Waals surface area (Å²) in [6, 6.07) is 12.6. The predicted molar refractivity (Wildman–Crippen MR) is 324 cm³/mol. The fourth-order valence-electron chi connectivity index (χ4n) is 19.0. The number of rotatable bonds is 9. The first-order chi connectivity index (χ1) is 41.5. The highest BCUT2D eigenvalue weighted by Crippen LogP contribution is 2.64. The molecule has 0 radical (unpaired) electrons. The van der Waals surface area contributed by atoms with Gasteiger partial charge in [-0.05, 0) is 201 Å². The first kappa shape index (κ1) is 57.4. The minimum atomic E-state index is -1.61. The van der Waals surface area contributed by atoms with Crippen molar-refractivity contribution in [2.45, 2.75) is 189 Å². The van der Waals surface area contributed by atoms with Gasteiger partial charge in [0.1, 0.15) is 58.1 Å². The number of fused-ring (bicyclic) bond motifs is 12. The van der Waals surface area contributed by atoms with Crippen LogP contribution in [0.15, 0.2) is 110 Å². The molecule has 5 heterocycles. The summed E-state index contributed by atoms with van der Waals surface area (Å²) in [5.41, 5.74) is 12.3. The Bertz CT molecular complexity index is 3650. The number of phenols is 2. The number of aliphatic hydroxyl groups excluding tert-OH is 3. The van der Waals surface area contributed by atoms with Gasteiger partial charge < -0.3 is 66.0 Å². The molecule has 86 heavy (non-hydrogen) atoms. The quantitative estimate of drug-likeness (QED) is 0.0553. The number of nitrogens with two attached hydrogens (primary N) is 1. The molecule has 0 saturated heterocycles. The monoisotopic (exact) mass is 1170 g/mol. The molecule has 0 amide bonds. The maximum Gasteiger partial charge on any atom is 0.337 e. The molecule has 12 N–H and O–H groups in total. The molecule has 4 aliphatic heterocycles. The number of hydrogen-bond donors (Lipinski definition) is 11. The lowest BCUT2D eigenvalue weighted by Crippen LogP contribution is -2.59. The molecule has 0 spiro atoms. The zero-order valence-corrected chi connectivity index (χ0v) is 49.7. The average molecular weight is 1170 g/mol. The minimum Gasteiger partial charge on any atom is -0.508 e. The van der Waals surface area contributed by atoms with Gasteiger partial charge in [-0.25, -0.2) is 4.79 Å². The van der Waals surface area contributed by atoms with E-state index < -0.39 is 77.1 Å². The van der Waals surface area contributed by atoms with Crippen molar-refractivity contribution in [3.63, 3.8) is 0 Å². The first-order valence-electron chi connectivity index (χ1n) is 32.0. The number of dihydropyridines is 2. The Labute approximate surface area is 502 Å². The van der Waals surface area contributed by atoms with Crippen molar-refractivity contribution in [3.8, 4) is 17.2 Å². The van der Waals surface area contributed by atoms with Gasteiger partial charge in [-0.1, -0.05) is 62.6 Å². The number of phenolic OH excluding ortho intramolecular Hbond substituents is 2. The molecule has 1 aromatic heterocycles. The zero-order valence-electron chi connectivity index (χ0n) is 49.7. The van der Waals surface area contributed by atoms with E-state index in [0.717, 1.165) is 83.7 Å². The molecule has 6 aliphatic carbocycles. The Hall–Kier alpha value is -6.40. The Kier molecular flexibility index (Phi) is 14.5. The molecular formula is C70H84N4O12. The van der Waals surface area contributed by atoms with Crippen LogP contribution in [0.3, 0.4) is 0 Å². The third-order valence-electron chi connectivity index (χ3n) is 22.9. The molecule has 10 aliphatic rings. The number of hydrogen-bond acceptors (Lipinski definition) is 16. The van der Waals surface area contributed by atoms with Gasteiger partial charge in [0.15, 0.2) is 5.43 Å². The van der Waals surface area contributed by atoms with Crippen LogP contribution in [0.4, 0.5) is 0 Å². The van der Waals surface area contributed by atoms with E-state index in [1.54, 1.807) is 25.1 Å². The van der Waals surface area contributed by atoms with Gasteiger partial charge in [0, 0.05) is 54.1 Å². The van der Waals surface area contributed by atoms with Crippen LogP contribution in [0.25, 0.3) is 11.0 Å². The fraction of sp³-hybridized carbons (Fsp3) is 0.543. The second-order valence-corrected chi connectivity index (χ2v) is 27.3. The van der Waals surface area contributed by atoms with Crippen molar-refractivity contribution in [3.05, 3.63) is 156 Å². The Morgan fingerprint density at radius 2 is 1.76 bits per heavy atom. The number of likely N-dealkylation sites (N-methyl/N-ethyl adjacent to an activating group) is 1. The lowest BCUT2D eigenvalue weighted by atomic mass is 9.61. The number of benzene rings is 3. The molecule has 4 aromatic rings. The molecule has 16 heteroatoms. The standard InChI is InChI=1S/C70H84N4O12/c1-4-52(70(83)31-38-24-41(70)23-37-22-39(30-69(82)19-7-6-8-20-69)62(79)48-11-9-10-44(38)57(37)48)67(81)85-55-29-50-63(80)60-54(78)28-43(33-75)84-65(60)61-58-47-18-21-73-66(71)59(47)46(17-13-35-12-15-42(77)27-49(35)51(58)34-76)45-16-14-36-26-56(72-5-2)74-32-40(36)25-53(45)68(55,3)86-64(50)61/h4,9-12,15,18,26-28,32,37-39,41,45-46,51,53,55-56,58,62,72-77,79-80,82-83H,5-8,13-14,16-17,19-25,29-31,33-34,71H2,1-3H3/b52-4+/t37-,38+,39-,41-,45-,46+,51-,53+,55-,56?,58+,62-,68+,70-/m1/s1. The Morgan fingerprint density at radius 1 is 0.953 bits per heavy atom. The highest BCUT2D eigenvalue weighted by Gasteiger charge is 2.60.